The minimum absolute atomic E-state index is 0.716. The number of rotatable bonds is 6. The molecule has 0 radical (unpaired) electrons. The van der Waals surface area contributed by atoms with Crippen LogP contribution in [0, 0.1) is 11.3 Å². The van der Waals surface area contributed by atoms with Crippen molar-refractivity contribution in [1.29, 1.82) is 0 Å². The Morgan fingerprint density at radius 3 is 2.60 bits per heavy atom. The lowest BCUT2D eigenvalue weighted by molar-refractivity contribution is 0.340. The van der Waals surface area contributed by atoms with Crippen LogP contribution in [0.2, 0.25) is 0 Å². The van der Waals surface area contributed by atoms with Crippen molar-refractivity contribution in [1.82, 2.24) is 10.6 Å². The number of hydrogen-bond donors (Lipinski definition) is 2. The number of hydrogen-bond acceptors (Lipinski definition) is 2. The zero-order chi connectivity index (χ0) is 10.6. The van der Waals surface area contributed by atoms with Crippen LogP contribution < -0.4 is 10.6 Å². The highest BCUT2D eigenvalue weighted by atomic mass is 14.9. The summed E-state index contributed by atoms with van der Waals surface area (Å²) in [4.78, 5) is 0. The highest BCUT2D eigenvalue weighted by Gasteiger charge is 2.39. The van der Waals surface area contributed by atoms with Crippen LogP contribution >= 0.6 is 0 Å². The fourth-order valence-corrected chi connectivity index (χ4v) is 2.66. The Balaban J connectivity index is 1.51. The van der Waals surface area contributed by atoms with Crippen molar-refractivity contribution >= 4 is 0 Å². The second kappa shape index (κ2) is 5.31. The minimum Gasteiger partial charge on any atom is -0.317 e. The van der Waals surface area contributed by atoms with Gasteiger partial charge in [0.15, 0.2) is 0 Å². The lowest BCUT2D eigenvalue weighted by atomic mass is 9.94. The molecule has 0 aromatic rings. The quantitative estimate of drug-likeness (QED) is 0.657. The Hall–Kier alpha value is -0.0800. The molecule has 88 valence electrons. The Labute approximate surface area is 94.2 Å². The third-order valence-corrected chi connectivity index (χ3v) is 4.40. The van der Waals surface area contributed by atoms with E-state index in [0.717, 1.165) is 5.92 Å². The van der Waals surface area contributed by atoms with E-state index in [2.05, 4.69) is 17.6 Å². The predicted octanol–water partition coefficient (Wildman–Crippen LogP) is 2.16. The molecule has 0 spiro atoms. The van der Waals surface area contributed by atoms with E-state index in [-0.39, 0.29) is 0 Å². The molecule has 0 unspecified atom stereocenters. The summed E-state index contributed by atoms with van der Waals surface area (Å²) in [6, 6.07) is 0. The normalized spacial score (nSPS) is 25.4. The van der Waals surface area contributed by atoms with Crippen molar-refractivity contribution in [2.75, 3.05) is 26.2 Å². The van der Waals surface area contributed by atoms with Crippen molar-refractivity contribution in [2.45, 2.75) is 45.4 Å². The van der Waals surface area contributed by atoms with E-state index in [1.54, 1.807) is 0 Å². The van der Waals surface area contributed by atoms with Crippen LogP contribution in [0.4, 0.5) is 0 Å². The van der Waals surface area contributed by atoms with Gasteiger partial charge in [0.05, 0.1) is 0 Å². The molecule has 2 aliphatic rings. The van der Waals surface area contributed by atoms with E-state index in [9.17, 15) is 0 Å². The standard InChI is InChI=1S/C13H26N2/c1-2-13(6-7-13)11-15-10-5-12-3-8-14-9-4-12/h12,14-15H,2-11H2,1H3. The van der Waals surface area contributed by atoms with Gasteiger partial charge in [0.2, 0.25) is 0 Å². The van der Waals surface area contributed by atoms with Gasteiger partial charge in [0.1, 0.15) is 0 Å². The van der Waals surface area contributed by atoms with Gasteiger partial charge in [-0.2, -0.15) is 0 Å². The predicted molar refractivity (Wildman–Crippen MR) is 65.0 cm³/mol. The summed E-state index contributed by atoms with van der Waals surface area (Å²) in [5, 5.41) is 7.09. The second-order valence-electron chi connectivity index (χ2n) is 5.51. The maximum Gasteiger partial charge on any atom is 0.000771 e. The second-order valence-corrected chi connectivity index (χ2v) is 5.51. The van der Waals surface area contributed by atoms with Gasteiger partial charge in [-0.3, -0.25) is 0 Å². The molecule has 0 atom stereocenters. The molecule has 0 aromatic carbocycles. The van der Waals surface area contributed by atoms with Gasteiger partial charge < -0.3 is 10.6 Å². The van der Waals surface area contributed by atoms with E-state index >= 15 is 0 Å². The fourth-order valence-electron chi connectivity index (χ4n) is 2.66. The zero-order valence-corrected chi connectivity index (χ0v) is 10.1. The van der Waals surface area contributed by atoms with Gasteiger partial charge in [-0.1, -0.05) is 6.92 Å². The summed E-state index contributed by atoms with van der Waals surface area (Å²) in [5.41, 5.74) is 0.716. The molecule has 0 amide bonds. The monoisotopic (exact) mass is 210 g/mol. The van der Waals surface area contributed by atoms with Crippen LogP contribution in [-0.2, 0) is 0 Å². The Morgan fingerprint density at radius 2 is 2.00 bits per heavy atom. The lowest BCUT2D eigenvalue weighted by Gasteiger charge is -2.23. The maximum absolute atomic E-state index is 3.67. The van der Waals surface area contributed by atoms with Crippen molar-refractivity contribution in [3.8, 4) is 0 Å². The molecule has 2 N–H and O–H groups in total. The summed E-state index contributed by atoms with van der Waals surface area (Å²) >= 11 is 0. The topological polar surface area (TPSA) is 24.1 Å². The van der Waals surface area contributed by atoms with Crippen molar-refractivity contribution in [2.24, 2.45) is 11.3 Å². The van der Waals surface area contributed by atoms with Crippen LogP contribution in [0.1, 0.15) is 45.4 Å². The van der Waals surface area contributed by atoms with Crippen LogP contribution in [0.15, 0.2) is 0 Å². The first kappa shape index (κ1) is 11.4. The summed E-state index contributed by atoms with van der Waals surface area (Å²) in [6.07, 6.45) is 8.46. The van der Waals surface area contributed by atoms with Crippen molar-refractivity contribution < 1.29 is 0 Å². The molecule has 1 aliphatic heterocycles. The lowest BCUT2D eigenvalue weighted by Crippen LogP contribution is -2.31. The van der Waals surface area contributed by atoms with Crippen LogP contribution in [0.25, 0.3) is 0 Å². The van der Waals surface area contributed by atoms with E-state index in [1.165, 1.54) is 64.7 Å². The highest BCUT2D eigenvalue weighted by molar-refractivity contribution is 4.93. The molecular formula is C13H26N2. The summed E-state index contributed by atoms with van der Waals surface area (Å²) in [7, 11) is 0. The van der Waals surface area contributed by atoms with Gasteiger partial charge in [-0.25, -0.2) is 0 Å². The number of nitrogens with one attached hydrogen (secondary N) is 2. The van der Waals surface area contributed by atoms with Crippen LogP contribution in [0.3, 0.4) is 0 Å². The Kier molecular flexibility index (Phi) is 4.04. The number of piperidine rings is 1. The molecule has 0 bridgehead atoms. The molecule has 2 heteroatoms. The first-order valence-electron chi connectivity index (χ1n) is 6.76. The third-order valence-electron chi connectivity index (χ3n) is 4.40. The summed E-state index contributed by atoms with van der Waals surface area (Å²) in [6.45, 7) is 7.33. The fraction of sp³-hybridized carbons (Fsp3) is 1.00. The zero-order valence-electron chi connectivity index (χ0n) is 10.1. The van der Waals surface area contributed by atoms with Gasteiger partial charge in [0.25, 0.3) is 0 Å². The van der Waals surface area contributed by atoms with Crippen molar-refractivity contribution in [3.63, 3.8) is 0 Å². The molecule has 1 heterocycles. The smallest absolute Gasteiger partial charge is 0.000771 e. The Bertz CT molecular complexity index is 181. The maximum atomic E-state index is 3.67. The average molecular weight is 210 g/mol. The molecule has 0 aromatic heterocycles. The average Bonchev–Trinajstić information content (AvgIpc) is 3.07. The Morgan fingerprint density at radius 1 is 1.27 bits per heavy atom. The van der Waals surface area contributed by atoms with Gasteiger partial charge in [0, 0.05) is 6.54 Å². The molecule has 1 saturated carbocycles. The molecule has 1 aliphatic carbocycles. The first-order valence-corrected chi connectivity index (χ1v) is 6.76. The minimum atomic E-state index is 0.716. The summed E-state index contributed by atoms with van der Waals surface area (Å²) in [5.74, 6) is 0.982. The van der Waals surface area contributed by atoms with Gasteiger partial charge >= 0.3 is 0 Å². The molecule has 2 fully saturated rings. The third kappa shape index (κ3) is 3.46. The van der Waals surface area contributed by atoms with Crippen LogP contribution in [-0.4, -0.2) is 26.2 Å². The molecule has 15 heavy (non-hydrogen) atoms. The van der Waals surface area contributed by atoms with Crippen LogP contribution in [0.5, 0.6) is 0 Å². The SMILES string of the molecule is CCC1(CNCCC2CCNCC2)CC1. The van der Waals surface area contributed by atoms with Crippen molar-refractivity contribution in [3.05, 3.63) is 0 Å². The molecular weight excluding hydrogens is 184 g/mol. The highest BCUT2D eigenvalue weighted by Crippen LogP contribution is 2.47. The van der Waals surface area contributed by atoms with Gasteiger partial charge in [-0.15, -0.1) is 0 Å². The molecule has 2 nitrogen and oxygen atoms in total. The molecule has 2 rings (SSSR count). The largest absolute Gasteiger partial charge is 0.317 e. The van der Waals surface area contributed by atoms with E-state index < -0.39 is 0 Å². The van der Waals surface area contributed by atoms with Gasteiger partial charge in [-0.05, 0) is 69.5 Å². The summed E-state index contributed by atoms with van der Waals surface area (Å²) < 4.78 is 0. The molecule has 1 saturated heterocycles. The van der Waals surface area contributed by atoms with E-state index in [1.807, 2.05) is 0 Å². The van der Waals surface area contributed by atoms with E-state index in [0.29, 0.717) is 5.41 Å². The first-order chi connectivity index (χ1) is 7.35. The van der Waals surface area contributed by atoms with E-state index in [4.69, 9.17) is 0 Å².